The quantitative estimate of drug-likeness (QED) is 0.119. The molecule has 2 aromatic heterocycles. The molecule has 0 bridgehead atoms. The number of rotatable bonds is 11. The summed E-state index contributed by atoms with van der Waals surface area (Å²) in [7, 11) is 0. The Morgan fingerprint density at radius 2 is 0.434 bits per heavy atom. The van der Waals surface area contributed by atoms with Crippen LogP contribution in [0.1, 0.15) is 0 Å². The Morgan fingerprint density at radius 1 is 0.184 bits per heavy atom. The number of hydrogen-bond donors (Lipinski definition) is 0. The summed E-state index contributed by atoms with van der Waals surface area (Å²) >= 11 is 0.545. The summed E-state index contributed by atoms with van der Waals surface area (Å²) < 4.78 is 5.87. The van der Waals surface area contributed by atoms with Crippen LogP contribution in [0.15, 0.2) is 291 Å². The first kappa shape index (κ1) is 45.9. The van der Waals surface area contributed by atoms with Crippen molar-refractivity contribution >= 4 is 102 Å². The molecule has 0 aliphatic carbocycles. The Morgan fingerprint density at radius 3 is 0.750 bits per heavy atom. The van der Waals surface area contributed by atoms with Crippen LogP contribution in [-0.4, -0.2) is 29.0 Å². The predicted octanol–water partition coefficient (Wildman–Crippen LogP) is 19.7. The van der Waals surface area contributed by atoms with Crippen LogP contribution in [0.25, 0.3) is 94.2 Å². The van der Waals surface area contributed by atoms with E-state index in [0.717, 1.165) is 45.3 Å². The molecule has 0 saturated heterocycles. The molecular weight excluding hydrogens is 1050 g/mol. The summed E-state index contributed by atoms with van der Waals surface area (Å²) in [6, 6.07) is 107. The van der Waals surface area contributed by atoms with Gasteiger partial charge in [0.15, 0.2) is 0 Å². The Hall–Kier alpha value is -8.72. The van der Waals surface area contributed by atoms with Gasteiger partial charge in [-0.05, 0) is 0 Å². The van der Waals surface area contributed by atoms with Crippen LogP contribution < -0.4 is 9.80 Å². The second-order valence-electron chi connectivity index (χ2n) is 19.2. The van der Waals surface area contributed by atoms with Crippen LogP contribution in [0, 0.1) is 0 Å². The minimum Gasteiger partial charge on any atom is -0.0617 e. The van der Waals surface area contributed by atoms with Crippen molar-refractivity contribution in [2.75, 3.05) is 9.80 Å². The molecule has 14 rings (SSSR count). The zero-order valence-corrected chi connectivity index (χ0v) is 44.8. The maximum absolute atomic E-state index is 2.37. The van der Waals surface area contributed by atoms with Crippen LogP contribution in [0.4, 0.5) is 34.1 Å². The van der Waals surface area contributed by atoms with E-state index in [1.807, 2.05) is 0 Å². The molecule has 2 heterocycles. The van der Waals surface area contributed by atoms with E-state index in [0.29, 0.717) is 0 Å². The van der Waals surface area contributed by atoms with Gasteiger partial charge in [0.1, 0.15) is 0 Å². The summed E-state index contributed by atoms with van der Waals surface area (Å²) in [6.45, 7) is 0. The number of anilines is 6. The standard InChI is InChI=1S/C72H48N2Se2/c1-3-13-49(14-4-1)51-25-37-57(38-26-51)73(61-45-33-55(34-46-61)63-19-11-21-67-65-17-7-9-23-69(65)75-71(63)67)59-41-29-53(30-42-59)54-31-43-60(44-32-54)74(58-39-27-52(28-40-58)50-15-5-2-6-16-50)62-47-35-56(36-48-62)64-20-12-22-68-66-18-8-10-24-70(66)76-72(64)68/h1-48H. The van der Waals surface area contributed by atoms with Gasteiger partial charge in [0.2, 0.25) is 0 Å². The summed E-state index contributed by atoms with van der Waals surface area (Å²) in [5.41, 5.74) is 18.9. The second-order valence-corrected chi connectivity index (χ2v) is 23.7. The number of nitrogens with zero attached hydrogens (tertiary/aromatic N) is 2. The van der Waals surface area contributed by atoms with Crippen LogP contribution in [0.3, 0.4) is 0 Å². The van der Waals surface area contributed by atoms with E-state index in [1.165, 1.54) is 83.1 Å². The molecule has 0 unspecified atom stereocenters. The topological polar surface area (TPSA) is 6.48 Å². The van der Waals surface area contributed by atoms with Crippen LogP contribution in [0.5, 0.6) is 0 Å². The van der Waals surface area contributed by atoms with Gasteiger partial charge >= 0.3 is 398 Å². The van der Waals surface area contributed by atoms with Crippen molar-refractivity contribution in [3.05, 3.63) is 291 Å². The van der Waals surface area contributed by atoms with Gasteiger partial charge < -0.3 is 0 Å². The van der Waals surface area contributed by atoms with E-state index < -0.39 is 0 Å². The largest absolute Gasteiger partial charge is 0.0617 e. The third kappa shape index (κ3) is 8.58. The first-order valence-corrected chi connectivity index (χ1v) is 29.2. The molecule has 0 spiro atoms. The van der Waals surface area contributed by atoms with Crippen molar-refractivity contribution in [1.82, 2.24) is 0 Å². The van der Waals surface area contributed by atoms with Gasteiger partial charge in [-0.3, -0.25) is 0 Å². The van der Waals surface area contributed by atoms with Crippen LogP contribution in [0.2, 0.25) is 0 Å². The van der Waals surface area contributed by atoms with Gasteiger partial charge in [0.05, 0.1) is 0 Å². The summed E-state index contributed by atoms with van der Waals surface area (Å²) in [6.07, 6.45) is 0. The molecule has 0 aliphatic heterocycles. The molecular formula is C72H48N2Se2. The summed E-state index contributed by atoms with van der Waals surface area (Å²) in [5, 5.41) is 5.52. The fourth-order valence-electron chi connectivity index (χ4n) is 10.9. The van der Waals surface area contributed by atoms with E-state index >= 15 is 0 Å². The number of benzene rings is 12. The smallest absolute Gasteiger partial charge is 0.0544 e. The molecule has 0 saturated carbocycles. The molecule has 12 aromatic carbocycles. The second kappa shape index (κ2) is 19.9. The van der Waals surface area contributed by atoms with Crippen molar-refractivity contribution in [3.63, 3.8) is 0 Å². The third-order valence-corrected chi connectivity index (χ3v) is 19.8. The summed E-state index contributed by atoms with van der Waals surface area (Å²) in [5.74, 6) is 0. The Labute approximate surface area is 455 Å². The molecule has 0 aliphatic rings. The summed E-state index contributed by atoms with van der Waals surface area (Å²) in [4.78, 5) is 4.75. The maximum Gasteiger partial charge on any atom is -0.0544 e. The number of hydrogen-bond acceptors (Lipinski definition) is 2. The molecule has 0 fully saturated rings. The zero-order valence-electron chi connectivity index (χ0n) is 41.4. The van der Waals surface area contributed by atoms with Gasteiger partial charge in [0.25, 0.3) is 0 Å². The van der Waals surface area contributed by atoms with Crippen molar-refractivity contribution in [1.29, 1.82) is 0 Å². The molecule has 358 valence electrons. The first-order chi connectivity index (χ1) is 37.7. The molecule has 2 nitrogen and oxygen atoms in total. The van der Waals surface area contributed by atoms with E-state index in [2.05, 4.69) is 301 Å². The van der Waals surface area contributed by atoms with Gasteiger partial charge in [-0.2, -0.15) is 0 Å². The molecule has 14 aromatic rings. The third-order valence-electron chi connectivity index (χ3n) is 14.7. The first-order valence-electron chi connectivity index (χ1n) is 25.8. The molecule has 0 N–H and O–H groups in total. The maximum atomic E-state index is 2.37. The van der Waals surface area contributed by atoms with Gasteiger partial charge in [-0.25, -0.2) is 0 Å². The fraction of sp³-hybridized carbons (Fsp3) is 0. The molecule has 4 heteroatoms. The number of fused-ring (bicyclic) bond motifs is 6. The zero-order chi connectivity index (χ0) is 50.4. The van der Waals surface area contributed by atoms with Crippen molar-refractivity contribution in [2.45, 2.75) is 0 Å². The molecule has 0 radical (unpaired) electrons. The molecule has 0 amide bonds. The average Bonchev–Trinajstić information content (AvgIpc) is 4.10. The van der Waals surface area contributed by atoms with Crippen molar-refractivity contribution in [3.8, 4) is 55.6 Å². The minimum atomic E-state index is 0.273. The van der Waals surface area contributed by atoms with E-state index in [9.17, 15) is 0 Å². The monoisotopic (exact) mass is 1100 g/mol. The SMILES string of the molecule is c1ccc(-c2ccc(N(c3ccc(-c4ccc(N(c5ccc(-c6ccccc6)cc5)c5ccc(-c6cccc7c6[se]c6ccccc67)cc5)cc4)cc3)c3ccc(-c4cccc5c4[se]c4ccccc45)cc3)cc2)cc1. The van der Waals surface area contributed by atoms with Gasteiger partial charge in [-0.1, -0.05) is 60.7 Å². The van der Waals surface area contributed by atoms with Gasteiger partial charge in [-0.15, -0.1) is 0 Å². The van der Waals surface area contributed by atoms with E-state index in [-0.39, 0.29) is 29.0 Å². The minimum absolute atomic E-state index is 0.273. The Bertz CT molecular complexity index is 4050. The Balaban J connectivity index is 0.790. The van der Waals surface area contributed by atoms with Crippen LogP contribution >= 0.6 is 0 Å². The van der Waals surface area contributed by atoms with Crippen molar-refractivity contribution < 1.29 is 0 Å². The molecule has 76 heavy (non-hydrogen) atoms. The normalized spacial score (nSPS) is 11.4. The molecule has 0 atom stereocenters. The Kier molecular flexibility index (Phi) is 12.0. The van der Waals surface area contributed by atoms with Crippen molar-refractivity contribution in [2.24, 2.45) is 0 Å². The van der Waals surface area contributed by atoms with Crippen LogP contribution in [-0.2, 0) is 0 Å². The van der Waals surface area contributed by atoms with E-state index in [4.69, 9.17) is 0 Å². The average molecular weight is 1100 g/mol. The predicted molar refractivity (Wildman–Crippen MR) is 327 cm³/mol. The van der Waals surface area contributed by atoms with E-state index in [1.54, 1.807) is 0 Å². The fourth-order valence-corrected chi connectivity index (χ4v) is 16.1. The van der Waals surface area contributed by atoms with Gasteiger partial charge in [0, 0.05) is 0 Å².